The number of nitrogens with zero attached hydrogens (tertiary/aromatic N) is 1. The van der Waals surface area contributed by atoms with Crippen molar-refractivity contribution < 1.29 is 9.47 Å². The summed E-state index contributed by atoms with van der Waals surface area (Å²) in [6.07, 6.45) is 0. The van der Waals surface area contributed by atoms with Gasteiger partial charge in [-0.15, -0.1) is 0 Å². The van der Waals surface area contributed by atoms with E-state index in [4.69, 9.17) is 20.2 Å². The van der Waals surface area contributed by atoms with Crippen molar-refractivity contribution in [3.8, 4) is 45.0 Å². The first-order valence-electron chi connectivity index (χ1n) is 9.34. The van der Waals surface area contributed by atoms with Crippen LogP contribution >= 0.6 is 0 Å². The Balaban J connectivity index is 2.06. The first-order valence-corrected chi connectivity index (χ1v) is 9.34. The highest BCUT2D eigenvalue weighted by molar-refractivity contribution is 5.94. The summed E-state index contributed by atoms with van der Waals surface area (Å²) in [6.45, 7) is 0. The van der Waals surface area contributed by atoms with E-state index in [1.54, 1.807) is 14.2 Å². The number of nitrogen functional groups attached to an aromatic ring is 1. The van der Waals surface area contributed by atoms with Gasteiger partial charge in [-0.1, -0.05) is 60.7 Å². The average Bonchev–Trinajstić information content (AvgIpc) is 2.79. The first-order chi connectivity index (χ1) is 14.2. The molecule has 29 heavy (non-hydrogen) atoms. The Labute approximate surface area is 170 Å². The van der Waals surface area contributed by atoms with Crippen LogP contribution in [0.1, 0.15) is 0 Å². The Bertz CT molecular complexity index is 1100. The second-order valence-corrected chi connectivity index (χ2v) is 6.65. The van der Waals surface area contributed by atoms with Crippen molar-refractivity contribution in [3.63, 3.8) is 0 Å². The molecule has 0 aliphatic rings. The standard InChI is InChI=1S/C25H22N2O2/c1-28-20-13-19(14-21(15-20)29-2)22-16-23(26)27-25(18-11-7-4-8-12-18)24(22)17-9-5-3-6-10-17/h3-16H,1-2H3,(H2,26,27). The van der Waals surface area contributed by atoms with E-state index in [2.05, 4.69) is 12.1 Å². The molecule has 4 nitrogen and oxygen atoms in total. The smallest absolute Gasteiger partial charge is 0.124 e. The second kappa shape index (κ2) is 8.07. The number of benzene rings is 3. The molecule has 1 heterocycles. The zero-order valence-electron chi connectivity index (χ0n) is 16.4. The summed E-state index contributed by atoms with van der Waals surface area (Å²) in [5, 5.41) is 0. The first kappa shape index (κ1) is 18.6. The molecule has 4 aromatic rings. The highest BCUT2D eigenvalue weighted by Crippen LogP contribution is 2.41. The van der Waals surface area contributed by atoms with Gasteiger partial charge >= 0.3 is 0 Å². The molecule has 0 aliphatic heterocycles. The maximum Gasteiger partial charge on any atom is 0.124 e. The number of hydrogen-bond acceptors (Lipinski definition) is 4. The lowest BCUT2D eigenvalue weighted by molar-refractivity contribution is 0.394. The molecule has 0 bridgehead atoms. The molecule has 0 amide bonds. The minimum Gasteiger partial charge on any atom is -0.497 e. The Morgan fingerprint density at radius 3 is 1.76 bits per heavy atom. The van der Waals surface area contributed by atoms with Crippen molar-refractivity contribution in [2.75, 3.05) is 20.0 Å². The zero-order valence-corrected chi connectivity index (χ0v) is 16.4. The van der Waals surface area contributed by atoms with Gasteiger partial charge in [-0.05, 0) is 34.9 Å². The molecule has 0 fully saturated rings. The van der Waals surface area contributed by atoms with Crippen LogP contribution in [0, 0.1) is 0 Å². The van der Waals surface area contributed by atoms with E-state index < -0.39 is 0 Å². The maximum absolute atomic E-state index is 6.25. The van der Waals surface area contributed by atoms with Crippen LogP contribution in [0.25, 0.3) is 33.5 Å². The monoisotopic (exact) mass is 382 g/mol. The van der Waals surface area contributed by atoms with E-state index in [9.17, 15) is 0 Å². The SMILES string of the molecule is COc1cc(OC)cc(-c2cc(N)nc(-c3ccccc3)c2-c2ccccc2)c1. The number of hydrogen-bond donors (Lipinski definition) is 1. The zero-order chi connectivity index (χ0) is 20.2. The summed E-state index contributed by atoms with van der Waals surface area (Å²) in [7, 11) is 3.29. The van der Waals surface area contributed by atoms with Gasteiger partial charge in [0.1, 0.15) is 17.3 Å². The number of rotatable bonds is 5. The van der Waals surface area contributed by atoms with Crippen molar-refractivity contribution >= 4 is 5.82 Å². The Kier molecular flexibility index (Phi) is 5.16. The van der Waals surface area contributed by atoms with Crippen LogP contribution < -0.4 is 15.2 Å². The predicted octanol–water partition coefficient (Wildman–Crippen LogP) is 5.68. The van der Waals surface area contributed by atoms with Gasteiger partial charge in [0, 0.05) is 17.2 Å². The van der Waals surface area contributed by atoms with Crippen molar-refractivity contribution in [2.24, 2.45) is 0 Å². The highest BCUT2D eigenvalue weighted by Gasteiger charge is 2.18. The van der Waals surface area contributed by atoms with Crippen LogP contribution in [-0.4, -0.2) is 19.2 Å². The predicted molar refractivity (Wildman–Crippen MR) is 118 cm³/mol. The van der Waals surface area contributed by atoms with Crippen LogP contribution in [0.3, 0.4) is 0 Å². The van der Waals surface area contributed by atoms with Crippen molar-refractivity contribution in [2.45, 2.75) is 0 Å². The lowest BCUT2D eigenvalue weighted by atomic mass is 9.91. The fraction of sp³-hybridized carbons (Fsp3) is 0.0800. The molecule has 0 spiro atoms. The molecule has 4 heteroatoms. The summed E-state index contributed by atoms with van der Waals surface area (Å²) in [4.78, 5) is 4.71. The molecule has 0 atom stereocenters. The van der Waals surface area contributed by atoms with Gasteiger partial charge in [-0.2, -0.15) is 0 Å². The van der Waals surface area contributed by atoms with Gasteiger partial charge in [0.15, 0.2) is 0 Å². The average molecular weight is 382 g/mol. The third-order valence-electron chi connectivity index (χ3n) is 4.81. The van der Waals surface area contributed by atoms with Gasteiger partial charge in [0.25, 0.3) is 0 Å². The van der Waals surface area contributed by atoms with Crippen molar-refractivity contribution in [1.29, 1.82) is 0 Å². The molecule has 4 rings (SSSR count). The van der Waals surface area contributed by atoms with Crippen LogP contribution in [0.5, 0.6) is 11.5 Å². The molecule has 1 aromatic heterocycles. The van der Waals surface area contributed by atoms with Gasteiger partial charge < -0.3 is 15.2 Å². The number of aromatic nitrogens is 1. The van der Waals surface area contributed by atoms with Crippen LogP contribution in [0.15, 0.2) is 84.9 Å². The number of methoxy groups -OCH3 is 2. The molecule has 144 valence electrons. The number of pyridine rings is 1. The summed E-state index contributed by atoms with van der Waals surface area (Å²) < 4.78 is 11.0. The molecule has 0 radical (unpaired) electrons. The lowest BCUT2D eigenvalue weighted by Crippen LogP contribution is -1.99. The van der Waals surface area contributed by atoms with Gasteiger partial charge in [0.05, 0.1) is 19.9 Å². The summed E-state index contributed by atoms with van der Waals surface area (Å²) in [5.74, 6) is 1.89. The largest absolute Gasteiger partial charge is 0.497 e. The summed E-state index contributed by atoms with van der Waals surface area (Å²) >= 11 is 0. The topological polar surface area (TPSA) is 57.4 Å². The molecule has 0 saturated carbocycles. The van der Waals surface area contributed by atoms with Gasteiger partial charge in [0.2, 0.25) is 0 Å². The summed E-state index contributed by atoms with van der Waals surface area (Å²) in [5.41, 5.74) is 12.1. The lowest BCUT2D eigenvalue weighted by Gasteiger charge is -2.17. The molecular formula is C25H22N2O2. The normalized spacial score (nSPS) is 10.6. The third-order valence-corrected chi connectivity index (χ3v) is 4.81. The van der Waals surface area contributed by atoms with Gasteiger partial charge in [-0.25, -0.2) is 4.98 Å². The van der Waals surface area contributed by atoms with E-state index in [1.807, 2.05) is 72.8 Å². The van der Waals surface area contributed by atoms with Crippen LogP contribution in [0.4, 0.5) is 5.82 Å². The summed E-state index contributed by atoms with van der Waals surface area (Å²) in [6, 6.07) is 28.0. The van der Waals surface area contributed by atoms with Crippen LogP contribution in [0.2, 0.25) is 0 Å². The highest BCUT2D eigenvalue weighted by atomic mass is 16.5. The quantitative estimate of drug-likeness (QED) is 0.482. The minimum absolute atomic E-state index is 0.459. The fourth-order valence-electron chi connectivity index (χ4n) is 3.46. The molecular weight excluding hydrogens is 360 g/mol. The third kappa shape index (κ3) is 3.78. The van der Waals surface area contributed by atoms with Crippen LogP contribution in [-0.2, 0) is 0 Å². The molecule has 0 unspecified atom stereocenters. The fourth-order valence-corrected chi connectivity index (χ4v) is 3.46. The van der Waals surface area contributed by atoms with Crippen molar-refractivity contribution in [1.82, 2.24) is 4.98 Å². The Hall–Kier alpha value is -3.79. The van der Waals surface area contributed by atoms with E-state index in [-0.39, 0.29) is 0 Å². The molecule has 3 aromatic carbocycles. The number of anilines is 1. The van der Waals surface area contributed by atoms with Crippen molar-refractivity contribution in [3.05, 3.63) is 84.9 Å². The number of ether oxygens (including phenoxy) is 2. The van der Waals surface area contributed by atoms with E-state index in [0.717, 1.165) is 45.0 Å². The van der Waals surface area contributed by atoms with E-state index in [1.165, 1.54) is 0 Å². The van der Waals surface area contributed by atoms with E-state index in [0.29, 0.717) is 5.82 Å². The maximum atomic E-state index is 6.25. The molecule has 0 aliphatic carbocycles. The van der Waals surface area contributed by atoms with Gasteiger partial charge in [-0.3, -0.25) is 0 Å². The Morgan fingerprint density at radius 2 is 1.21 bits per heavy atom. The number of nitrogens with two attached hydrogens (primary N) is 1. The Morgan fingerprint density at radius 1 is 0.655 bits per heavy atom. The minimum atomic E-state index is 0.459. The second-order valence-electron chi connectivity index (χ2n) is 6.65. The molecule has 2 N–H and O–H groups in total. The molecule has 0 saturated heterocycles. The van der Waals surface area contributed by atoms with E-state index >= 15 is 0 Å².